The van der Waals surface area contributed by atoms with Crippen LogP contribution in [0.5, 0.6) is 0 Å². The van der Waals surface area contributed by atoms with Crippen LogP contribution in [0.25, 0.3) is 0 Å². The predicted octanol–water partition coefficient (Wildman–Crippen LogP) is 3.24. The molecule has 0 aromatic rings. The van der Waals surface area contributed by atoms with Gasteiger partial charge in [-0.05, 0) is 26.3 Å². The SMILES string of the molecule is C=C(C)CC(COCC(F)(F)C(F)F)NCCC. The Hall–Kier alpha value is -0.620. The molecule has 6 heteroatoms. The second-order valence-corrected chi connectivity index (χ2v) is 4.39. The maximum absolute atomic E-state index is 12.6. The quantitative estimate of drug-likeness (QED) is 0.486. The summed E-state index contributed by atoms with van der Waals surface area (Å²) in [6.07, 6.45) is -2.24. The van der Waals surface area contributed by atoms with Crippen LogP contribution in [0.15, 0.2) is 12.2 Å². The molecule has 0 aromatic heterocycles. The number of rotatable bonds is 10. The van der Waals surface area contributed by atoms with Gasteiger partial charge in [0.25, 0.3) is 0 Å². The first-order valence-corrected chi connectivity index (χ1v) is 5.91. The van der Waals surface area contributed by atoms with Crippen molar-refractivity contribution in [3.63, 3.8) is 0 Å². The van der Waals surface area contributed by atoms with Gasteiger partial charge in [-0.25, -0.2) is 8.78 Å². The van der Waals surface area contributed by atoms with E-state index in [9.17, 15) is 17.6 Å². The Bertz CT molecular complexity index is 246. The van der Waals surface area contributed by atoms with E-state index in [2.05, 4.69) is 16.6 Å². The molecule has 0 spiro atoms. The molecule has 18 heavy (non-hydrogen) atoms. The highest BCUT2D eigenvalue weighted by Crippen LogP contribution is 2.22. The van der Waals surface area contributed by atoms with Gasteiger partial charge in [-0.3, -0.25) is 0 Å². The molecule has 0 amide bonds. The van der Waals surface area contributed by atoms with E-state index in [1.54, 1.807) is 0 Å². The van der Waals surface area contributed by atoms with Gasteiger partial charge in [0.15, 0.2) is 0 Å². The zero-order valence-corrected chi connectivity index (χ0v) is 10.8. The van der Waals surface area contributed by atoms with E-state index in [4.69, 9.17) is 0 Å². The van der Waals surface area contributed by atoms with Crippen LogP contribution in [-0.2, 0) is 4.74 Å². The van der Waals surface area contributed by atoms with Crippen LogP contribution in [0.1, 0.15) is 26.7 Å². The van der Waals surface area contributed by atoms with E-state index in [1.807, 2.05) is 13.8 Å². The van der Waals surface area contributed by atoms with Gasteiger partial charge in [0.1, 0.15) is 6.61 Å². The summed E-state index contributed by atoms with van der Waals surface area (Å²) in [4.78, 5) is 0. The largest absolute Gasteiger partial charge is 0.373 e. The molecule has 0 aromatic carbocycles. The molecule has 0 bridgehead atoms. The van der Waals surface area contributed by atoms with Crippen LogP contribution < -0.4 is 5.32 Å². The molecule has 0 aliphatic carbocycles. The monoisotopic (exact) mass is 271 g/mol. The van der Waals surface area contributed by atoms with Crippen LogP contribution in [0.2, 0.25) is 0 Å². The highest BCUT2D eigenvalue weighted by atomic mass is 19.3. The van der Waals surface area contributed by atoms with Crippen LogP contribution in [0, 0.1) is 0 Å². The molecule has 108 valence electrons. The topological polar surface area (TPSA) is 21.3 Å². The minimum absolute atomic E-state index is 0.0326. The molecule has 0 fully saturated rings. The fraction of sp³-hybridized carbons (Fsp3) is 0.833. The lowest BCUT2D eigenvalue weighted by Gasteiger charge is -2.21. The van der Waals surface area contributed by atoms with E-state index < -0.39 is 19.0 Å². The summed E-state index contributed by atoms with van der Waals surface area (Å²) in [5.41, 5.74) is 0.882. The van der Waals surface area contributed by atoms with Gasteiger partial charge in [0.05, 0.1) is 6.61 Å². The molecule has 0 heterocycles. The van der Waals surface area contributed by atoms with E-state index in [0.717, 1.165) is 12.0 Å². The number of ether oxygens (including phenoxy) is 1. The van der Waals surface area contributed by atoms with E-state index in [-0.39, 0.29) is 12.6 Å². The van der Waals surface area contributed by atoms with Crippen molar-refractivity contribution in [1.82, 2.24) is 5.32 Å². The molecule has 0 radical (unpaired) electrons. The van der Waals surface area contributed by atoms with Gasteiger partial charge in [0, 0.05) is 6.04 Å². The first-order valence-electron chi connectivity index (χ1n) is 5.91. The van der Waals surface area contributed by atoms with Crippen molar-refractivity contribution in [3.8, 4) is 0 Å². The Balaban J connectivity index is 4.06. The zero-order chi connectivity index (χ0) is 14.2. The molecule has 0 rings (SSSR count). The molecule has 1 N–H and O–H groups in total. The number of halogens is 4. The third-order valence-electron chi connectivity index (χ3n) is 2.21. The van der Waals surface area contributed by atoms with Gasteiger partial charge in [-0.1, -0.05) is 12.5 Å². The van der Waals surface area contributed by atoms with Crippen LogP contribution >= 0.6 is 0 Å². The fourth-order valence-corrected chi connectivity index (χ4v) is 1.36. The Morgan fingerprint density at radius 1 is 1.39 bits per heavy atom. The zero-order valence-electron chi connectivity index (χ0n) is 10.8. The highest BCUT2D eigenvalue weighted by molar-refractivity contribution is 4.92. The molecule has 1 atom stereocenters. The molecule has 0 saturated heterocycles. The number of hydrogen-bond acceptors (Lipinski definition) is 2. The Kier molecular flexibility index (Phi) is 8.18. The molecular formula is C12H21F4NO. The average Bonchev–Trinajstić information content (AvgIpc) is 2.24. The molecule has 0 aliphatic heterocycles. The molecule has 0 saturated carbocycles. The smallest absolute Gasteiger partial charge is 0.330 e. The minimum Gasteiger partial charge on any atom is -0.373 e. The van der Waals surface area contributed by atoms with E-state index in [1.165, 1.54) is 0 Å². The number of alkyl halides is 4. The summed E-state index contributed by atoms with van der Waals surface area (Å²) in [6.45, 7) is 6.93. The molecule has 2 nitrogen and oxygen atoms in total. The Morgan fingerprint density at radius 3 is 2.44 bits per heavy atom. The van der Waals surface area contributed by atoms with Crippen molar-refractivity contribution in [2.45, 2.75) is 45.1 Å². The molecule has 1 unspecified atom stereocenters. The Morgan fingerprint density at radius 2 is 2.00 bits per heavy atom. The molecule has 0 aliphatic rings. The van der Waals surface area contributed by atoms with Crippen LogP contribution in [-0.4, -0.2) is 38.1 Å². The van der Waals surface area contributed by atoms with E-state index >= 15 is 0 Å². The van der Waals surface area contributed by atoms with Gasteiger partial charge in [0.2, 0.25) is 0 Å². The maximum Gasteiger partial charge on any atom is 0.330 e. The first kappa shape index (κ1) is 17.4. The van der Waals surface area contributed by atoms with Crippen molar-refractivity contribution in [2.75, 3.05) is 19.8 Å². The summed E-state index contributed by atoms with van der Waals surface area (Å²) >= 11 is 0. The summed E-state index contributed by atoms with van der Waals surface area (Å²) in [5.74, 6) is -4.08. The fourth-order valence-electron chi connectivity index (χ4n) is 1.36. The van der Waals surface area contributed by atoms with Crippen LogP contribution in [0.4, 0.5) is 17.6 Å². The lowest BCUT2D eigenvalue weighted by atomic mass is 10.1. The maximum atomic E-state index is 12.6. The third-order valence-corrected chi connectivity index (χ3v) is 2.21. The number of hydrogen-bond donors (Lipinski definition) is 1. The predicted molar refractivity (Wildman–Crippen MR) is 63.3 cm³/mol. The van der Waals surface area contributed by atoms with Crippen molar-refractivity contribution >= 4 is 0 Å². The number of nitrogens with one attached hydrogen (secondary N) is 1. The molecular weight excluding hydrogens is 250 g/mol. The first-order chi connectivity index (χ1) is 8.29. The van der Waals surface area contributed by atoms with Crippen molar-refractivity contribution in [3.05, 3.63) is 12.2 Å². The summed E-state index contributed by atoms with van der Waals surface area (Å²) < 4.78 is 53.7. The standard InChI is InChI=1S/C12H21F4NO/c1-4-5-17-10(6-9(2)3)7-18-8-12(15,16)11(13)14/h10-11,17H,2,4-8H2,1,3H3. The Labute approximate surface area is 105 Å². The second kappa shape index (κ2) is 8.48. The lowest BCUT2D eigenvalue weighted by Crippen LogP contribution is -2.38. The van der Waals surface area contributed by atoms with Crippen LogP contribution in [0.3, 0.4) is 0 Å². The lowest BCUT2D eigenvalue weighted by molar-refractivity contribution is -0.167. The summed E-state index contributed by atoms with van der Waals surface area (Å²) in [7, 11) is 0. The minimum atomic E-state index is -4.08. The van der Waals surface area contributed by atoms with E-state index in [0.29, 0.717) is 13.0 Å². The third kappa shape index (κ3) is 7.66. The van der Waals surface area contributed by atoms with Gasteiger partial charge < -0.3 is 10.1 Å². The highest BCUT2D eigenvalue weighted by Gasteiger charge is 2.41. The average molecular weight is 271 g/mol. The van der Waals surface area contributed by atoms with Gasteiger partial charge in [-0.15, -0.1) is 6.58 Å². The summed E-state index contributed by atoms with van der Waals surface area (Å²) in [5, 5.41) is 3.10. The van der Waals surface area contributed by atoms with Gasteiger partial charge in [-0.2, -0.15) is 8.78 Å². The van der Waals surface area contributed by atoms with Crippen molar-refractivity contribution in [2.24, 2.45) is 0 Å². The van der Waals surface area contributed by atoms with Crippen molar-refractivity contribution in [1.29, 1.82) is 0 Å². The van der Waals surface area contributed by atoms with Gasteiger partial charge >= 0.3 is 12.3 Å². The van der Waals surface area contributed by atoms with Crippen molar-refractivity contribution < 1.29 is 22.3 Å². The normalized spacial score (nSPS) is 13.9. The summed E-state index contributed by atoms with van der Waals surface area (Å²) in [6, 6.07) is -0.170. The second-order valence-electron chi connectivity index (χ2n) is 4.39.